The van der Waals surface area contributed by atoms with Crippen molar-refractivity contribution in [2.75, 3.05) is 6.54 Å². The summed E-state index contributed by atoms with van der Waals surface area (Å²) in [7, 11) is 0. The molecular formula is C12H12N2O2. The lowest BCUT2D eigenvalue weighted by atomic mass is 10.2. The van der Waals surface area contributed by atoms with Gasteiger partial charge in [-0.25, -0.2) is 4.79 Å². The molecule has 1 amide bonds. The third-order valence-corrected chi connectivity index (χ3v) is 2.58. The van der Waals surface area contributed by atoms with E-state index in [4.69, 9.17) is 10.00 Å². The van der Waals surface area contributed by atoms with Gasteiger partial charge in [-0.15, -0.1) is 0 Å². The van der Waals surface area contributed by atoms with Crippen molar-refractivity contribution in [3.63, 3.8) is 0 Å². The Kier molecular flexibility index (Phi) is 3.06. The van der Waals surface area contributed by atoms with Crippen molar-refractivity contribution in [1.29, 1.82) is 5.26 Å². The molecule has 1 aromatic carbocycles. The SMILES string of the molecule is N#CC1CCCN1C(=O)Oc1ccccc1. The first kappa shape index (κ1) is 10.5. The van der Waals surface area contributed by atoms with Gasteiger partial charge in [-0.3, -0.25) is 4.90 Å². The first-order valence-electron chi connectivity index (χ1n) is 5.24. The first-order chi connectivity index (χ1) is 7.81. The topological polar surface area (TPSA) is 53.3 Å². The second-order valence-corrected chi connectivity index (χ2v) is 3.66. The van der Waals surface area contributed by atoms with Crippen LogP contribution >= 0.6 is 0 Å². The van der Waals surface area contributed by atoms with Crippen molar-refractivity contribution in [1.82, 2.24) is 4.90 Å². The molecule has 16 heavy (non-hydrogen) atoms. The molecule has 0 radical (unpaired) electrons. The Labute approximate surface area is 94.0 Å². The molecule has 1 saturated heterocycles. The highest BCUT2D eigenvalue weighted by atomic mass is 16.6. The molecule has 0 bridgehead atoms. The van der Waals surface area contributed by atoms with Crippen molar-refractivity contribution >= 4 is 6.09 Å². The molecule has 1 aromatic rings. The van der Waals surface area contributed by atoms with Gasteiger partial charge in [0.15, 0.2) is 0 Å². The van der Waals surface area contributed by atoms with Crippen LogP contribution < -0.4 is 4.74 Å². The number of benzene rings is 1. The molecule has 1 unspecified atom stereocenters. The average molecular weight is 216 g/mol. The fourth-order valence-electron chi connectivity index (χ4n) is 1.77. The van der Waals surface area contributed by atoms with Crippen LogP contribution in [0.25, 0.3) is 0 Å². The maximum atomic E-state index is 11.7. The van der Waals surface area contributed by atoms with Crippen LogP contribution in [0, 0.1) is 11.3 Å². The number of nitrogens with zero attached hydrogens (tertiary/aromatic N) is 2. The summed E-state index contributed by atoms with van der Waals surface area (Å²) in [4.78, 5) is 13.2. The van der Waals surface area contributed by atoms with Crippen LogP contribution in [0.4, 0.5) is 4.79 Å². The highest BCUT2D eigenvalue weighted by Gasteiger charge is 2.29. The molecule has 1 heterocycles. The minimum atomic E-state index is -0.435. The maximum Gasteiger partial charge on any atom is 0.416 e. The molecule has 4 nitrogen and oxygen atoms in total. The Hall–Kier alpha value is -2.02. The number of carbonyl (C=O) groups is 1. The van der Waals surface area contributed by atoms with E-state index in [0.717, 1.165) is 12.8 Å². The molecule has 2 rings (SSSR count). The van der Waals surface area contributed by atoms with Crippen LogP contribution in [0.5, 0.6) is 5.75 Å². The van der Waals surface area contributed by atoms with Crippen molar-refractivity contribution in [2.45, 2.75) is 18.9 Å². The Morgan fingerprint density at radius 1 is 1.44 bits per heavy atom. The van der Waals surface area contributed by atoms with Crippen molar-refractivity contribution in [3.8, 4) is 11.8 Å². The number of amides is 1. The molecular weight excluding hydrogens is 204 g/mol. The summed E-state index contributed by atoms with van der Waals surface area (Å²) in [5, 5.41) is 8.85. The lowest BCUT2D eigenvalue weighted by Crippen LogP contribution is -2.36. The number of rotatable bonds is 1. The number of para-hydroxylation sites is 1. The van der Waals surface area contributed by atoms with Crippen LogP contribution in [0.2, 0.25) is 0 Å². The summed E-state index contributed by atoms with van der Waals surface area (Å²) < 4.78 is 5.17. The van der Waals surface area contributed by atoms with Gasteiger partial charge in [0, 0.05) is 6.54 Å². The molecule has 1 fully saturated rings. The smallest absolute Gasteiger partial charge is 0.410 e. The summed E-state index contributed by atoms with van der Waals surface area (Å²) >= 11 is 0. The summed E-state index contributed by atoms with van der Waals surface area (Å²) in [6, 6.07) is 10.7. The number of likely N-dealkylation sites (tertiary alicyclic amines) is 1. The molecule has 1 aliphatic heterocycles. The summed E-state index contributed by atoms with van der Waals surface area (Å²) in [6.07, 6.45) is 1.16. The summed E-state index contributed by atoms with van der Waals surface area (Å²) in [6.45, 7) is 0.601. The van der Waals surface area contributed by atoms with Gasteiger partial charge in [0.05, 0.1) is 6.07 Å². The maximum absolute atomic E-state index is 11.7. The summed E-state index contributed by atoms with van der Waals surface area (Å²) in [5.74, 6) is 0.510. The van der Waals surface area contributed by atoms with E-state index in [1.54, 1.807) is 24.3 Å². The van der Waals surface area contributed by atoms with Crippen LogP contribution in [0.3, 0.4) is 0 Å². The molecule has 82 valence electrons. The molecule has 0 aromatic heterocycles. The van der Waals surface area contributed by atoms with E-state index in [9.17, 15) is 4.79 Å². The second kappa shape index (κ2) is 4.67. The largest absolute Gasteiger partial charge is 0.416 e. The number of ether oxygens (including phenoxy) is 1. The quantitative estimate of drug-likeness (QED) is 0.722. The third kappa shape index (κ3) is 2.14. The highest BCUT2D eigenvalue weighted by molar-refractivity contribution is 5.71. The minimum Gasteiger partial charge on any atom is -0.410 e. The van der Waals surface area contributed by atoms with E-state index >= 15 is 0 Å². The van der Waals surface area contributed by atoms with Gasteiger partial charge in [-0.05, 0) is 25.0 Å². The van der Waals surface area contributed by atoms with Crippen molar-refractivity contribution in [2.24, 2.45) is 0 Å². The minimum absolute atomic E-state index is 0.337. The predicted octanol–water partition coefficient (Wildman–Crippen LogP) is 2.17. The average Bonchev–Trinajstić information content (AvgIpc) is 2.78. The summed E-state index contributed by atoms with van der Waals surface area (Å²) in [5.41, 5.74) is 0. The number of nitriles is 1. The highest BCUT2D eigenvalue weighted by Crippen LogP contribution is 2.19. The van der Waals surface area contributed by atoms with Crippen LogP contribution in [0.15, 0.2) is 30.3 Å². The Bertz CT molecular complexity index is 411. The predicted molar refractivity (Wildman–Crippen MR) is 57.8 cm³/mol. The zero-order valence-corrected chi connectivity index (χ0v) is 8.80. The lowest BCUT2D eigenvalue weighted by Gasteiger charge is -2.18. The zero-order valence-electron chi connectivity index (χ0n) is 8.80. The number of carbonyl (C=O) groups excluding carboxylic acids is 1. The normalized spacial score (nSPS) is 19.2. The van der Waals surface area contributed by atoms with E-state index in [0.29, 0.717) is 12.3 Å². The number of hydrogen-bond donors (Lipinski definition) is 0. The Morgan fingerprint density at radius 2 is 2.19 bits per heavy atom. The van der Waals surface area contributed by atoms with E-state index in [1.165, 1.54) is 4.90 Å². The standard InChI is InChI=1S/C12H12N2O2/c13-9-10-5-4-8-14(10)12(15)16-11-6-2-1-3-7-11/h1-3,6-7,10H,4-5,8H2. The third-order valence-electron chi connectivity index (χ3n) is 2.58. The van der Waals surface area contributed by atoms with Gasteiger partial charge in [0.2, 0.25) is 0 Å². The zero-order chi connectivity index (χ0) is 11.4. The molecule has 0 saturated carbocycles. The van der Waals surface area contributed by atoms with Crippen LogP contribution in [-0.2, 0) is 0 Å². The van der Waals surface area contributed by atoms with Crippen LogP contribution in [0.1, 0.15) is 12.8 Å². The fraction of sp³-hybridized carbons (Fsp3) is 0.333. The van der Waals surface area contributed by atoms with Crippen molar-refractivity contribution in [3.05, 3.63) is 30.3 Å². The monoisotopic (exact) mass is 216 g/mol. The van der Waals surface area contributed by atoms with Gasteiger partial charge in [0.25, 0.3) is 0 Å². The van der Waals surface area contributed by atoms with Crippen LogP contribution in [-0.4, -0.2) is 23.6 Å². The lowest BCUT2D eigenvalue weighted by molar-refractivity contribution is 0.155. The molecule has 0 spiro atoms. The Morgan fingerprint density at radius 3 is 2.88 bits per heavy atom. The second-order valence-electron chi connectivity index (χ2n) is 3.66. The van der Waals surface area contributed by atoms with Gasteiger partial charge < -0.3 is 4.74 Å². The molecule has 1 atom stereocenters. The van der Waals surface area contributed by atoms with E-state index < -0.39 is 6.09 Å². The van der Waals surface area contributed by atoms with Gasteiger partial charge in [-0.2, -0.15) is 5.26 Å². The van der Waals surface area contributed by atoms with E-state index in [2.05, 4.69) is 6.07 Å². The van der Waals surface area contributed by atoms with Crippen molar-refractivity contribution < 1.29 is 9.53 Å². The Balaban J connectivity index is 2.01. The van der Waals surface area contributed by atoms with Gasteiger partial charge >= 0.3 is 6.09 Å². The van der Waals surface area contributed by atoms with E-state index in [-0.39, 0.29) is 6.04 Å². The fourth-order valence-corrected chi connectivity index (χ4v) is 1.77. The molecule has 4 heteroatoms. The molecule has 0 N–H and O–H groups in total. The first-order valence-corrected chi connectivity index (χ1v) is 5.24. The van der Waals surface area contributed by atoms with E-state index in [1.807, 2.05) is 6.07 Å². The number of hydrogen-bond acceptors (Lipinski definition) is 3. The van der Waals surface area contributed by atoms with Gasteiger partial charge in [0.1, 0.15) is 11.8 Å². The molecule has 1 aliphatic rings. The van der Waals surface area contributed by atoms with Gasteiger partial charge in [-0.1, -0.05) is 18.2 Å². The molecule has 0 aliphatic carbocycles.